The summed E-state index contributed by atoms with van der Waals surface area (Å²) in [5.41, 5.74) is 5.46. The van der Waals surface area contributed by atoms with Crippen molar-refractivity contribution in [3.63, 3.8) is 0 Å². The molecule has 1 amide bonds. The Kier molecular flexibility index (Phi) is 6.44. The normalized spacial score (nSPS) is 11.6. The minimum Gasteiger partial charge on any atom is -0.484 e. The van der Waals surface area contributed by atoms with Crippen molar-refractivity contribution in [3.8, 4) is 11.4 Å². The number of hydrazone groups is 1. The van der Waals surface area contributed by atoms with Crippen molar-refractivity contribution in [2.75, 3.05) is 6.61 Å². The summed E-state index contributed by atoms with van der Waals surface area (Å²) in [6, 6.07) is 17.0. The first-order chi connectivity index (χ1) is 14.7. The number of benzene rings is 2. The molecule has 31 heavy (non-hydrogen) atoms. The van der Waals surface area contributed by atoms with Crippen LogP contribution < -0.4 is 15.7 Å². The number of ether oxygens (including phenoxy) is 1. The Morgan fingerprint density at radius 3 is 2.35 bits per heavy atom. The van der Waals surface area contributed by atoms with Crippen molar-refractivity contribution in [3.05, 3.63) is 81.8 Å². The van der Waals surface area contributed by atoms with Gasteiger partial charge in [-0.3, -0.25) is 14.3 Å². The third-order valence-corrected chi connectivity index (χ3v) is 5.01. The molecule has 0 bridgehead atoms. The number of hydrogen-bond donors (Lipinski definition) is 1. The molecule has 0 aliphatic rings. The van der Waals surface area contributed by atoms with Gasteiger partial charge in [-0.1, -0.05) is 51.1 Å². The molecule has 7 nitrogen and oxygen atoms in total. The number of aromatic nitrogens is 2. The number of carbonyl (C=O) groups excluding carboxylic acids is 1. The van der Waals surface area contributed by atoms with E-state index in [1.165, 1.54) is 11.8 Å². The molecule has 1 heterocycles. The lowest BCUT2D eigenvalue weighted by Crippen LogP contribution is -2.25. The van der Waals surface area contributed by atoms with Gasteiger partial charge in [0.25, 0.3) is 11.5 Å². The first-order valence-corrected chi connectivity index (χ1v) is 10.1. The van der Waals surface area contributed by atoms with Gasteiger partial charge in [-0.05, 0) is 42.2 Å². The molecule has 162 valence electrons. The maximum Gasteiger partial charge on any atom is 0.277 e. The van der Waals surface area contributed by atoms with Crippen LogP contribution in [0.15, 0.2) is 64.5 Å². The molecule has 0 unspecified atom stereocenters. The molecule has 0 radical (unpaired) electrons. The minimum absolute atomic E-state index is 0.0578. The fourth-order valence-electron chi connectivity index (χ4n) is 3.19. The Balaban J connectivity index is 1.62. The highest BCUT2D eigenvalue weighted by Gasteiger charge is 2.15. The van der Waals surface area contributed by atoms with Gasteiger partial charge in [0, 0.05) is 12.6 Å². The van der Waals surface area contributed by atoms with E-state index in [9.17, 15) is 9.59 Å². The largest absolute Gasteiger partial charge is 0.484 e. The Hall–Kier alpha value is -3.61. The summed E-state index contributed by atoms with van der Waals surface area (Å²) in [7, 11) is 1.77. The van der Waals surface area contributed by atoms with Crippen molar-refractivity contribution < 1.29 is 9.53 Å². The van der Waals surface area contributed by atoms with E-state index in [-0.39, 0.29) is 23.5 Å². The standard InChI is InChI=1S/C24H28N4O3/c1-17-21(27(5)28(23(17)30)19-9-7-6-8-10-19)15-25-26-22(29)16-31-20-13-11-18(12-14-20)24(2,3)4/h6-15H,16H2,1-5H3,(H,26,29)/b25-15-. The van der Waals surface area contributed by atoms with Gasteiger partial charge in [-0.25, -0.2) is 10.1 Å². The second-order valence-corrected chi connectivity index (χ2v) is 8.34. The van der Waals surface area contributed by atoms with E-state index in [1.807, 2.05) is 54.6 Å². The average Bonchev–Trinajstić information content (AvgIpc) is 2.95. The Morgan fingerprint density at radius 1 is 1.10 bits per heavy atom. The second-order valence-electron chi connectivity index (χ2n) is 8.34. The minimum atomic E-state index is -0.388. The van der Waals surface area contributed by atoms with E-state index < -0.39 is 0 Å². The summed E-state index contributed by atoms with van der Waals surface area (Å²) in [5, 5.41) is 3.99. The van der Waals surface area contributed by atoms with Gasteiger partial charge < -0.3 is 4.74 Å². The molecule has 0 atom stereocenters. The summed E-state index contributed by atoms with van der Waals surface area (Å²) >= 11 is 0. The van der Waals surface area contributed by atoms with Crippen LogP contribution in [0.4, 0.5) is 0 Å². The maximum absolute atomic E-state index is 12.6. The highest BCUT2D eigenvalue weighted by Crippen LogP contribution is 2.24. The number of carbonyl (C=O) groups is 1. The Morgan fingerprint density at radius 2 is 1.74 bits per heavy atom. The van der Waals surface area contributed by atoms with Gasteiger partial charge in [0.1, 0.15) is 5.75 Å². The van der Waals surface area contributed by atoms with Crippen molar-refractivity contribution in [1.82, 2.24) is 14.8 Å². The third-order valence-electron chi connectivity index (χ3n) is 5.01. The molecule has 3 rings (SSSR count). The number of hydrogen-bond acceptors (Lipinski definition) is 4. The quantitative estimate of drug-likeness (QED) is 0.491. The first-order valence-electron chi connectivity index (χ1n) is 10.1. The summed E-state index contributed by atoms with van der Waals surface area (Å²) < 4.78 is 8.78. The SMILES string of the molecule is Cc1c(/C=N\NC(=O)COc2ccc(C(C)(C)C)cc2)n(C)n(-c2ccccc2)c1=O. The lowest BCUT2D eigenvalue weighted by molar-refractivity contribution is -0.123. The van der Waals surface area contributed by atoms with E-state index in [2.05, 4.69) is 31.3 Å². The fraction of sp³-hybridized carbons (Fsp3) is 0.292. The van der Waals surface area contributed by atoms with Crippen LogP contribution in [0.5, 0.6) is 5.75 Å². The van der Waals surface area contributed by atoms with E-state index in [0.29, 0.717) is 17.0 Å². The van der Waals surface area contributed by atoms with Crippen LogP contribution in [0.2, 0.25) is 0 Å². The van der Waals surface area contributed by atoms with E-state index in [0.717, 1.165) is 5.69 Å². The predicted octanol–water partition coefficient (Wildman–Crippen LogP) is 3.31. The molecule has 0 aliphatic carbocycles. The van der Waals surface area contributed by atoms with Gasteiger partial charge in [0.2, 0.25) is 0 Å². The number of nitrogens with one attached hydrogen (secondary N) is 1. The molecule has 7 heteroatoms. The van der Waals surface area contributed by atoms with Gasteiger partial charge >= 0.3 is 0 Å². The lowest BCUT2D eigenvalue weighted by Gasteiger charge is -2.19. The number of nitrogens with zero attached hydrogens (tertiary/aromatic N) is 3. The zero-order chi connectivity index (χ0) is 22.6. The molecule has 1 N–H and O–H groups in total. The number of para-hydroxylation sites is 1. The second kappa shape index (κ2) is 9.04. The van der Waals surface area contributed by atoms with Crippen LogP contribution in [0, 0.1) is 6.92 Å². The zero-order valence-corrected chi connectivity index (χ0v) is 18.5. The van der Waals surface area contributed by atoms with Crippen molar-refractivity contribution in [2.24, 2.45) is 12.1 Å². The molecule has 1 aromatic heterocycles. The van der Waals surface area contributed by atoms with Crippen LogP contribution in [0.25, 0.3) is 5.69 Å². The van der Waals surface area contributed by atoms with Crippen molar-refractivity contribution in [2.45, 2.75) is 33.1 Å². The van der Waals surface area contributed by atoms with Crippen LogP contribution in [0.3, 0.4) is 0 Å². The summed E-state index contributed by atoms with van der Waals surface area (Å²) in [4.78, 5) is 24.7. The predicted molar refractivity (Wildman–Crippen MR) is 122 cm³/mol. The summed E-state index contributed by atoms with van der Waals surface area (Å²) in [5.74, 6) is 0.228. The van der Waals surface area contributed by atoms with E-state index in [1.54, 1.807) is 23.3 Å². The highest BCUT2D eigenvalue weighted by atomic mass is 16.5. The first kappa shape index (κ1) is 22.1. The van der Waals surface area contributed by atoms with Crippen LogP contribution in [-0.4, -0.2) is 28.1 Å². The molecular weight excluding hydrogens is 392 g/mol. The van der Waals surface area contributed by atoms with E-state index in [4.69, 9.17) is 4.74 Å². The maximum atomic E-state index is 12.6. The molecule has 0 saturated carbocycles. The molecular formula is C24H28N4O3. The topological polar surface area (TPSA) is 77.6 Å². The lowest BCUT2D eigenvalue weighted by atomic mass is 9.87. The van der Waals surface area contributed by atoms with E-state index >= 15 is 0 Å². The molecule has 3 aromatic rings. The molecule has 0 saturated heterocycles. The van der Waals surface area contributed by atoms with Gasteiger partial charge in [0.05, 0.1) is 17.6 Å². The van der Waals surface area contributed by atoms with Crippen molar-refractivity contribution in [1.29, 1.82) is 0 Å². The van der Waals surface area contributed by atoms with Crippen LogP contribution >= 0.6 is 0 Å². The number of rotatable bonds is 6. The van der Waals surface area contributed by atoms with Crippen LogP contribution in [-0.2, 0) is 17.3 Å². The molecule has 0 spiro atoms. The van der Waals surface area contributed by atoms with Crippen molar-refractivity contribution >= 4 is 12.1 Å². The zero-order valence-electron chi connectivity index (χ0n) is 18.5. The fourth-order valence-corrected chi connectivity index (χ4v) is 3.19. The monoisotopic (exact) mass is 420 g/mol. The third kappa shape index (κ3) is 5.12. The molecule has 0 aliphatic heterocycles. The summed E-state index contributed by atoms with van der Waals surface area (Å²) in [6.07, 6.45) is 1.46. The molecule has 0 fully saturated rings. The Bertz CT molecular complexity index is 1130. The highest BCUT2D eigenvalue weighted by molar-refractivity contribution is 5.82. The average molecular weight is 421 g/mol. The molecule has 2 aromatic carbocycles. The summed E-state index contributed by atoms with van der Waals surface area (Å²) in [6.45, 7) is 7.99. The Labute approximate surface area is 181 Å². The van der Waals surface area contributed by atoms with Gasteiger partial charge in [0.15, 0.2) is 6.61 Å². The van der Waals surface area contributed by atoms with Gasteiger partial charge in [-0.15, -0.1) is 0 Å². The van der Waals surface area contributed by atoms with Crippen LogP contribution in [0.1, 0.15) is 37.6 Å². The smallest absolute Gasteiger partial charge is 0.277 e. The van der Waals surface area contributed by atoms with Gasteiger partial charge in [-0.2, -0.15) is 5.10 Å². The number of amides is 1.